The van der Waals surface area contributed by atoms with Gasteiger partial charge < -0.3 is 15.2 Å². The number of nitrogens with one attached hydrogen (secondary N) is 2. The summed E-state index contributed by atoms with van der Waals surface area (Å²) in [4.78, 5) is 20.2. The van der Waals surface area contributed by atoms with Gasteiger partial charge in [0.2, 0.25) is 0 Å². The SMILES string of the molecule is CNC(=O)Nc1ccnc2ccc3c(ncn3C)c12. The summed E-state index contributed by atoms with van der Waals surface area (Å²) in [7, 11) is 3.51. The third kappa shape index (κ3) is 1.77. The lowest BCUT2D eigenvalue weighted by atomic mass is 10.1. The van der Waals surface area contributed by atoms with Crippen LogP contribution in [0.3, 0.4) is 0 Å². The first kappa shape index (κ1) is 11.5. The zero-order chi connectivity index (χ0) is 13.4. The molecule has 6 nitrogen and oxygen atoms in total. The molecule has 0 saturated heterocycles. The zero-order valence-electron chi connectivity index (χ0n) is 10.6. The van der Waals surface area contributed by atoms with Gasteiger partial charge in [0.25, 0.3) is 0 Å². The molecule has 0 spiro atoms. The number of carbonyl (C=O) groups excluding carboxylic acids is 1. The molecule has 19 heavy (non-hydrogen) atoms. The predicted octanol–water partition coefficient (Wildman–Crippen LogP) is 1.87. The zero-order valence-corrected chi connectivity index (χ0v) is 10.6. The van der Waals surface area contributed by atoms with Crippen LogP contribution in [0.25, 0.3) is 21.9 Å². The van der Waals surface area contributed by atoms with E-state index in [9.17, 15) is 4.79 Å². The molecule has 0 radical (unpaired) electrons. The van der Waals surface area contributed by atoms with E-state index >= 15 is 0 Å². The van der Waals surface area contributed by atoms with Crippen molar-refractivity contribution in [3.63, 3.8) is 0 Å². The lowest BCUT2D eigenvalue weighted by Crippen LogP contribution is -2.24. The quantitative estimate of drug-likeness (QED) is 0.697. The summed E-state index contributed by atoms with van der Waals surface area (Å²) >= 11 is 0. The summed E-state index contributed by atoms with van der Waals surface area (Å²) < 4.78 is 1.94. The number of anilines is 1. The lowest BCUT2D eigenvalue weighted by molar-refractivity contribution is 0.254. The molecule has 2 N–H and O–H groups in total. The molecule has 0 atom stereocenters. The van der Waals surface area contributed by atoms with Gasteiger partial charge in [-0.25, -0.2) is 9.78 Å². The van der Waals surface area contributed by atoms with Crippen LogP contribution < -0.4 is 10.6 Å². The maximum atomic E-state index is 11.5. The van der Waals surface area contributed by atoms with Gasteiger partial charge in [0.1, 0.15) is 0 Å². The van der Waals surface area contributed by atoms with Gasteiger partial charge in [-0.05, 0) is 18.2 Å². The van der Waals surface area contributed by atoms with Gasteiger partial charge in [-0.2, -0.15) is 0 Å². The van der Waals surface area contributed by atoms with E-state index in [1.807, 2.05) is 23.7 Å². The van der Waals surface area contributed by atoms with Crippen LogP contribution in [0.5, 0.6) is 0 Å². The van der Waals surface area contributed by atoms with Crippen LogP contribution in [0, 0.1) is 0 Å². The van der Waals surface area contributed by atoms with Crippen molar-refractivity contribution in [1.29, 1.82) is 0 Å². The highest BCUT2D eigenvalue weighted by Crippen LogP contribution is 2.28. The molecule has 0 fully saturated rings. The lowest BCUT2D eigenvalue weighted by Gasteiger charge is -2.08. The number of carbonyl (C=O) groups is 1. The second kappa shape index (κ2) is 4.24. The maximum absolute atomic E-state index is 11.5. The van der Waals surface area contributed by atoms with E-state index in [4.69, 9.17) is 0 Å². The molecule has 0 aliphatic carbocycles. The molecule has 3 aromatic rings. The molecule has 6 heteroatoms. The first-order valence-electron chi connectivity index (χ1n) is 5.88. The van der Waals surface area contributed by atoms with Crippen LogP contribution in [0.15, 0.2) is 30.7 Å². The average molecular weight is 255 g/mol. The number of hydrogen-bond donors (Lipinski definition) is 2. The normalized spacial score (nSPS) is 10.8. The van der Waals surface area contributed by atoms with Crippen molar-refractivity contribution in [3.8, 4) is 0 Å². The minimum atomic E-state index is -0.263. The highest BCUT2D eigenvalue weighted by molar-refractivity contribution is 6.12. The number of aromatic nitrogens is 3. The van der Waals surface area contributed by atoms with E-state index in [1.54, 1.807) is 25.6 Å². The van der Waals surface area contributed by atoms with Crippen molar-refractivity contribution < 1.29 is 4.79 Å². The molecule has 0 bridgehead atoms. The fraction of sp³-hybridized carbons (Fsp3) is 0.154. The van der Waals surface area contributed by atoms with Crippen molar-refractivity contribution in [1.82, 2.24) is 19.9 Å². The summed E-state index contributed by atoms with van der Waals surface area (Å²) in [5, 5.41) is 6.18. The molecule has 1 aromatic carbocycles. The number of hydrogen-bond acceptors (Lipinski definition) is 3. The van der Waals surface area contributed by atoms with Gasteiger partial charge in [-0.1, -0.05) is 0 Å². The Morgan fingerprint density at radius 1 is 1.26 bits per heavy atom. The Labute approximate surface area is 109 Å². The smallest absolute Gasteiger partial charge is 0.318 e. The largest absolute Gasteiger partial charge is 0.341 e. The summed E-state index contributed by atoms with van der Waals surface area (Å²) in [5.74, 6) is 0. The molecule has 96 valence electrons. The third-order valence-electron chi connectivity index (χ3n) is 3.07. The van der Waals surface area contributed by atoms with Crippen molar-refractivity contribution in [3.05, 3.63) is 30.7 Å². The summed E-state index contributed by atoms with van der Waals surface area (Å²) in [6, 6.07) is 5.40. The van der Waals surface area contributed by atoms with Gasteiger partial charge in [0.05, 0.1) is 34.0 Å². The highest BCUT2D eigenvalue weighted by Gasteiger charge is 2.11. The molecule has 0 aliphatic rings. The maximum Gasteiger partial charge on any atom is 0.318 e. The van der Waals surface area contributed by atoms with Gasteiger partial charge >= 0.3 is 6.03 Å². The van der Waals surface area contributed by atoms with E-state index in [2.05, 4.69) is 20.6 Å². The number of nitrogens with zero attached hydrogens (tertiary/aromatic N) is 3. The Hall–Kier alpha value is -2.63. The second-order valence-corrected chi connectivity index (χ2v) is 4.25. The van der Waals surface area contributed by atoms with Crippen LogP contribution in [-0.2, 0) is 7.05 Å². The second-order valence-electron chi connectivity index (χ2n) is 4.25. The molecular weight excluding hydrogens is 242 g/mol. The Morgan fingerprint density at radius 2 is 2.11 bits per heavy atom. The molecule has 0 unspecified atom stereocenters. The number of imidazole rings is 1. The number of urea groups is 1. The molecule has 0 aliphatic heterocycles. The van der Waals surface area contributed by atoms with Crippen molar-refractivity contribution in [2.75, 3.05) is 12.4 Å². The van der Waals surface area contributed by atoms with Crippen LogP contribution in [-0.4, -0.2) is 27.6 Å². The minimum Gasteiger partial charge on any atom is -0.341 e. The summed E-state index contributed by atoms with van der Waals surface area (Å²) in [5.41, 5.74) is 3.34. The topological polar surface area (TPSA) is 71.8 Å². The number of aryl methyl sites for hydroxylation is 1. The van der Waals surface area contributed by atoms with E-state index in [-0.39, 0.29) is 6.03 Å². The number of rotatable bonds is 1. The first-order valence-corrected chi connectivity index (χ1v) is 5.88. The van der Waals surface area contributed by atoms with Crippen LogP contribution in [0.4, 0.5) is 10.5 Å². The number of benzene rings is 1. The van der Waals surface area contributed by atoms with Gasteiger partial charge in [-0.15, -0.1) is 0 Å². The van der Waals surface area contributed by atoms with E-state index in [1.165, 1.54) is 0 Å². The Kier molecular flexibility index (Phi) is 2.56. The van der Waals surface area contributed by atoms with E-state index in [0.717, 1.165) is 21.9 Å². The number of amides is 2. The van der Waals surface area contributed by atoms with Crippen molar-refractivity contribution >= 4 is 33.7 Å². The predicted molar refractivity (Wildman–Crippen MR) is 74.1 cm³/mol. The number of pyridine rings is 1. The fourth-order valence-electron chi connectivity index (χ4n) is 2.13. The van der Waals surface area contributed by atoms with Crippen LogP contribution >= 0.6 is 0 Å². The van der Waals surface area contributed by atoms with Crippen LogP contribution in [0.1, 0.15) is 0 Å². The fourth-order valence-corrected chi connectivity index (χ4v) is 2.13. The van der Waals surface area contributed by atoms with Gasteiger partial charge in [-0.3, -0.25) is 4.98 Å². The monoisotopic (exact) mass is 255 g/mol. The van der Waals surface area contributed by atoms with Crippen molar-refractivity contribution in [2.24, 2.45) is 7.05 Å². The van der Waals surface area contributed by atoms with Crippen molar-refractivity contribution in [2.45, 2.75) is 0 Å². The Morgan fingerprint density at radius 3 is 2.89 bits per heavy atom. The van der Waals surface area contributed by atoms with E-state index < -0.39 is 0 Å². The third-order valence-corrected chi connectivity index (χ3v) is 3.07. The molecule has 3 rings (SSSR count). The summed E-state index contributed by atoms with van der Waals surface area (Å²) in [6.07, 6.45) is 3.42. The molecule has 0 saturated carbocycles. The van der Waals surface area contributed by atoms with E-state index in [0.29, 0.717) is 5.69 Å². The Bertz CT molecular complexity index is 777. The standard InChI is InChI=1S/C13H13N5O/c1-14-13(19)17-9-5-6-15-8-3-4-10-12(11(8)9)16-7-18(10)2/h3-7H,1-2H3,(H2,14,15,17,19). The molecule has 2 heterocycles. The average Bonchev–Trinajstić information content (AvgIpc) is 2.80. The number of fused-ring (bicyclic) bond motifs is 3. The Balaban J connectivity index is 2.32. The van der Waals surface area contributed by atoms with Crippen LogP contribution in [0.2, 0.25) is 0 Å². The highest BCUT2D eigenvalue weighted by atomic mass is 16.2. The molecular formula is C13H13N5O. The first-order chi connectivity index (χ1) is 9.20. The van der Waals surface area contributed by atoms with Gasteiger partial charge in [0, 0.05) is 20.3 Å². The van der Waals surface area contributed by atoms with Gasteiger partial charge in [0.15, 0.2) is 0 Å². The minimum absolute atomic E-state index is 0.263. The molecule has 2 aromatic heterocycles. The molecule has 2 amide bonds. The summed E-state index contributed by atoms with van der Waals surface area (Å²) in [6.45, 7) is 0.